The molecule has 0 aliphatic heterocycles. The molecule has 0 aromatic carbocycles. The van der Waals surface area contributed by atoms with Crippen molar-refractivity contribution < 1.29 is 9.59 Å². The van der Waals surface area contributed by atoms with Crippen LogP contribution in [0, 0.1) is 5.92 Å². The number of carbonyl (C=O) groups is 2. The van der Waals surface area contributed by atoms with Crippen molar-refractivity contribution in [1.82, 2.24) is 4.98 Å². The summed E-state index contributed by atoms with van der Waals surface area (Å²) in [7, 11) is 0. The minimum Gasteiger partial charge on any atom is -0.293 e. The first-order valence-electron chi connectivity index (χ1n) is 3.75. The Bertz CT molecular complexity index is 336. The van der Waals surface area contributed by atoms with Gasteiger partial charge in [-0.05, 0) is 19.1 Å². The molecule has 12 heavy (non-hydrogen) atoms. The van der Waals surface area contributed by atoms with Gasteiger partial charge in [-0.15, -0.1) is 0 Å². The lowest BCUT2D eigenvalue weighted by Gasteiger charge is -1.91. The molecule has 0 spiro atoms. The Morgan fingerprint density at radius 3 is 2.75 bits per heavy atom. The highest BCUT2D eigenvalue weighted by atomic mass is 16.2. The van der Waals surface area contributed by atoms with E-state index in [9.17, 15) is 9.59 Å². The van der Waals surface area contributed by atoms with Gasteiger partial charge >= 0.3 is 0 Å². The monoisotopic (exact) mass is 161 g/mol. The standard InChI is InChI=1S/C9H7NO2/c1-5-8(11)6-3-2-4-10-7(6)9(5)12/h2-5H,1H3. The van der Waals surface area contributed by atoms with E-state index in [-0.39, 0.29) is 11.6 Å². The van der Waals surface area contributed by atoms with Crippen molar-refractivity contribution in [2.24, 2.45) is 5.92 Å². The van der Waals surface area contributed by atoms with Crippen molar-refractivity contribution >= 4 is 11.6 Å². The van der Waals surface area contributed by atoms with Crippen molar-refractivity contribution in [2.45, 2.75) is 6.92 Å². The van der Waals surface area contributed by atoms with Gasteiger partial charge in [0.2, 0.25) is 0 Å². The van der Waals surface area contributed by atoms with Crippen LogP contribution in [0.2, 0.25) is 0 Å². The van der Waals surface area contributed by atoms with E-state index in [1.807, 2.05) is 0 Å². The predicted octanol–water partition coefficient (Wildman–Crippen LogP) is 1.10. The fourth-order valence-corrected chi connectivity index (χ4v) is 1.36. The van der Waals surface area contributed by atoms with E-state index in [1.54, 1.807) is 19.1 Å². The number of rotatable bonds is 0. The highest BCUT2D eigenvalue weighted by Gasteiger charge is 2.35. The first-order chi connectivity index (χ1) is 5.72. The number of ketones is 2. The van der Waals surface area contributed by atoms with Crippen LogP contribution in [-0.2, 0) is 0 Å². The summed E-state index contributed by atoms with van der Waals surface area (Å²) in [6, 6.07) is 3.31. The van der Waals surface area contributed by atoms with Crippen molar-refractivity contribution in [2.75, 3.05) is 0 Å². The molecule has 0 amide bonds. The topological polar surface area (TPSA) is 47.0 Å². The summed E-state index contributed by atoms with van der Waals surface area (Å²) in [5.74, 6) is -0.798. The molecular formula is C9H7NO2. The van der Waals surface area contributed by atoms with Crippen LogP contribution in [0.4, 0.5) is 0 Å². The summed E-state index contributed by atoms with van der Waals surface area (Å²) in [4.78, 5) is 26.5. The molecule has 0 saturated heterocycles. The molecule has 1 aliphatic rings. The molecule has 1 heterocycles. The Morgan fingerprint density at radius 2 is 2.08 bits per heavy atom. The summed E-state index contributed by atoms with van der Waals surface area (Å²) < 4.78 is 0. The third-order valence-corrected chi connectivity index (χ3v) is 2.09. The summed E-state index contributed by atoms with van der Waals surface area (Å²) in [5, 5.41) is 0. The minimum atomic E-state index is -0.533. The largest absolute Gasteiger partial charge is 0.293 e. The Hall–Kier alpha value is -1.51. The molecule has 0 fully saturated rings. The minimum absolute atomic E-state index is 0.108. The van der Waals surface area contributed by atoms with E-state index in [4.69, 9.17) is 0 Å². The number of aromatic nitrogens is 1. The number of pyridine rings is 1. The Labute approximate surface area is 69.4 Å². The summed E-state index contributed by atoms with van der Waals surface area (Å²) in [6.07, 6.45) is 1.53. The first kappa shape index (κ1) is 7.16. The highest BCUT2D eigenvalue weighted by Crippen LogP contribution is 2.23. The van der Waals surface area contributed by atoms with Crippen LogP contribution in [0.1, 0.15) is 27.8 Å². The molecule has 0 N–H and O–H groups in total. The second-order valence-electron chi connectivity index (χ2n) is 2.85. The molecule has 3 nitrogen and oxygen atoms in total. The average Bonchev–Trinajstić information content (AvgIpc) is 2.33. The van der Waals surface area contributed by atoms with E-state index >= 15 is 0 Å². The third-order valence-electron chi connectivity index (χ3n) is 2.09. The van der Waals surface area contributed by atoms with Crippen LogP contribution in [0.5, 0.6) is 0 Å². The molecule has 60 valence electrons. The average molecular weight is 161 g/mol. The molecular weight excluding hydrogens is 154 g/mol. The lowest BCUT2D eigenvalue weighted by Crippen LogP contribution is -2.09. The van der Waals surface area contributed by atoms with Gasteiger partial charge in [0.05, 0.1) is 5.92 Å². The summed E-state index contributed by atoms with van der Waals surface area (Å²) in [6.45, 7) is 1.62. The zero-order chi connectivity index (χ0) is 8.72. The van der Waals surface area contributed by atoms with E-state index in [1.165, 1.54) is 6.20 Å². The molecule has 1 aromatic heterocycles. The van der Waals surface area contributed by atoms with Crippen molar-refractivity contribution in [3.05, 3.63) is 29.6 Å². The van der Waals surface area contributed by atoms with E-state index in [0.717, 1.165) is 0 Å². The van der Waals surface area contributed by atoms with E-state index in [2.05, 4.69) is 4.98 Å². The fourth-order valence-electron chi connectivity index (χ4n) is 1.36. The van der Waals surface area contributed by atoms with Crippen LogP contribution in [0.3, 0.4) is 0 Å². The number of carbonyl (C=O) groups excluding carboxylic acids is 2. The molecule has 3 heteroatoms. The Kier molecular flexibility index (Phi) is 1.33. The van der Waals surface area contributed by atoms with Gasteiger partial charge in [-0.25, -0.2) is 0 Å². The molecule has 1 aromatic rings. The predicted molar refractivity (Wildman–Crippen MR) is 42.1 cm³/mol. The lowest BCUT2D eigenvalue weighted by atomic mass is 10.1. The quantitative estimate of drug-likeness (QED) is 0.535. The SMILES string of the molecule is CC1C(=O)c2cccnc2C1=O. The Balaban J connectivity index is 2.67. The van der Waals surface area contributed by atoms with Crippen molar-refractivity contribution in [3.63, 3.8) is 0 Å². The number of Topliss-reactive ketones (excluding diaryl/α,β-unsaturated/α-hetero) is 2. The molecule has 2 rings (SSSR count). The van der Waals surface area contributed by atoms with Gasteiger partial charge in [0.15, 0.2) is 11.6 Å². The molecule has 0 radical (unpaired) electrons. The molecule has 1 atom stereocenters. The van der Waals surface area contributed by atoms with E-state index < -0.39 is 5.92 Å². The molecule has 1 aliphatic carbocycles. The van der Waals surface area contributed by atoms with Gasteiger partial charge in [0.25, 0.3) is 0 Å². The maximum Gasteiger partial charge on any atom is 0.192 e. The van der Waals surface area contributed by atoms with Gasteiger partial charge in [-0.3, -0.25) is 14.6 Å². The van der Waals surface area contributed by atoms with Crippen LogP contribution >= 0.6 is 0 Å². The van der Waals surface area contributed by atoms with Crippen LogP contribution < -0.4 is 0 Å². The number of hydrogen-bond donors (Lipinski definition) is 0. The summed E-state index contributed by atoms with van der Waals surface area (Å²) in [5.41, 5.74) is 0.796. The smallest absolute Gasteiger partial charge is 0.192 e. The zero-order valence-corrected chi connectivity index (χ0v) is 6.57. The number of hydrogen-bond acceptors (Lipinski definition) is 3. The zero-order valence-electron chi connectivity index (χ0n) is 6.57. The fraction of sp³-hybridized carbons (Fsp3) is 0.222. The van der Waals surface area contributed by atoms with Gasteiger partial charge in [-0.2, -0.15) is 0 Å². The van der Waals surface area contributed by atoms with E-state index in [0.29, 0.717) is 11.3 Å². The normalized spacial score (nSPS) is 21.2. The third kappa shape index (κ3) is 0.733. The second-order valence-corrected chi connectivity index (χ2v) is 2.85. The van der Waals surface area contributed by atoms with Crippen LogP contribution in [0.25, 0.3) is 0 Å². The Morgan fingerprint density at radius 1 is 1.33 bits per heavy atom. The number of fused-ring (bicyclic) bond motifs is 1. The van der Waals surface area contributed by atoms with Gasteiger partial charge in [0.1, 0.15) is 5.69 Å². The maximum atomic E-state index is 11.3. The molecule has 0 bridgehead atoms. The van der Waals surface area contributed by atoms with Gasteiger partial charge in [-0.1, -0.05) is 0 Å². The second kappa shape index (κ2) is 2.24. The van der Waals surface area contributed by atoms with Gasteiger partial charge < -0.3 is 0 Å². The van der Waals surface area contributed by atoms with Crippen LogP contribution in [-0.4, -0.2) is 16.6 Å². The lowest BCUT2D eigenvalue weighted by molar-refractivity contribution is 0.0850. The first-order valence-corrected chi connectivity index (χ1v) is 3.75. The van der Waals surface area contributed by atoms with Crippen molar-refractivity contribution in [3.8, 4) is 0 Å². The highest BCUT2D eigenvalue weighted by molar-refractivity contribution is 6.25. The van der Waals surface area contributed by atoms with Crippen molar-refractivity contribution in [1.29, 1.82) is 0 Å². The maximum absolute atomic E-state index is 11.3. The number of nitrogens with zero attached hydrogens (tertiary/aromatic N) is 1. The molecule has 1 unspecified atom stereocenters. The van der Waals surface area contributed by atoms with Gasteiger partial charge in [0, 0.05) is 11.8 Å². The summed E-state index contributed by atoms with van der Waals surface area (Å²) >= 11 is 0. The molecule has 0 saturated carbocycles. The van der Waals surface area contributed by atoms with Crippen LogP contribution in [0.15, 0.2) is 18.3 Å².